The molecule has 2 aliphatic rings. The maximum absolute atomic E-state index is 14.7. The van der Waals surface area contributed by atoms with Crippen molar-refractivity contribution in [1.29, 1.82) is 0 Å². The summed E-state index contributed by atoms with van der Waals surface area (Å²) in [4.78, 5) is 5.06. The van der Waals surface area contributed by atoms with Gasteiger partial charge in [0.25, 0.3) is 0 Å². The van der Waals surface area contributed by atoms with E-state index in [0.29, 0.717) is 11.5 Å². The summed E-state index contributed by atoms with van der Waals surface area (Å²) >= 11 is 0. The molecule has 2 aromatic rings. The van der Waals surface area contributed by atoms with Gasteiger partial charge < -0.3 is 4.90 Å². The van der Waals surface area contributed by atoms with Crippen molar-refractivity contribution < 1.29 is 4.39 Å². The molecule has 28 heavy (non-hydrogen) atoms. The molecular weight excluding hydrogens is 347 g/mol. The molecule has 2 heterocycles. The van der Waals surface area contributed by atoms with Gasteiger partial charge in [-0.25, -0.2) is 4.39 Å². The first-order chi connectivity index (χ1) is 13.5. The number of hydrogen-bond acceptors (Lipinski definition) is 2. The Balaban J connectivity index is 1.34. The van der Waals surface area contributed by atoms with Gasteiger partial charge in [0.05, 0.1) is 0 Å². The number of piperidine rings is 1. The average Bonchev–Trinajstić information content (AvgIpc) is 2.68. The molecule has 0 bridgehead atoms. The molecule has 150 valence electrons. The Labute approximate surface area is 169 Å². The van der Waals surface area contributed by atoms with Gasteiger partial charge in [0.2, 0.25) is 0 Å². The smallest absolute Gasteiger partial charge is 0.128 e. The second-order valence-corrected chi connectivity index (χ2v) is 9.11. The Kier molecular flexibility index (Phi) is 5.57. The van der Waals surface area contributed by atoms with Crippen LogP contribution in [0.2, 0.25) is 0 Å². The first-order valence-corrected chi connectivity index (χ1v) is 10.8. The van der Waals surface area contributed by atoms with E-state index in [9.17, 15) is 4.39 Å². The van der Waals surface area contributed by atoms with Crippen LogP contribution in [0.4, 0.5) is 4.39 Å². The molecule has 4 rings (SSSR count). The first kappa shape index (κ1) is 19.6. The van der Waals surface area contributed by atoms with Crippen LogP contribution >= 0.6 is 0 Å². The molecule has 2 saturated heterocycles. The predicted molar refractivity (Wildman–Crippen MR) is 115 cm³/mol. The monoisotopic (exact) mass is 380 g/mol. The maximum Gasteiger partial charge on any atom is 0.128 e. The SMILES string of the molecule is CCC(C)N1CCC2(CC1)CN(Cc1ccc(-c3cccc(C)c3)cc1F)C2. The third kappa shape index (κ3) is 4.01. The van der Waals surface area contributed by atoms with Crippen LogP contribution in [0.25, 0.3) is 11.1 Å². The summed E-state index contributed by atoms with van der Waals surface area (Å²) in [7, 11) is 0. The Morgan fingerprint density at radius 1 is 1.04 bits per heavy atom. The average molecular weight is 381 g/mol. The van der Waals surface area contributed by atoms with E-state index in [-0.39, 0.29) is 5.82 Å². The van der Waals surface area contributed by atoms with Gasteiger partial charge >= 0.3 is 0 Å². The zero-order valence-corrected chi connectivity index (χ0v) is 17.5. The normalized spacial score (nSPS) is 20.9. The minimum Gasteiger partial charge on any atom is -0.301 e. The molecule has 0 amide bonds. The van der Waals surface area contributed by atoms with Crippen LogP contribution in [-0.2, 0) is 6.54 Å². The van der Waals surface area contributed by atoms with Gasteiger partial charge in [-0.3, -0.25) is 4.90 Å². The van der Waals surface area contributed by atoms with E-state index in [1.54, 1.807) is 6.07 Å². The number of hydrogen-bond donors (Lipinski definition) is 0. The summed E-state index contributed by atoms with van der Waals surface area (Å²) in [5.74, 6) is -0.0773. The lowest BCUT2D eigenvalue weighted by Gasteiger charge is -2.55. The molecule has 0 radical (unpaired) electrons. The van der Waals surface area contributed by atoms with E-state index < -0.39 is 0 Å². The zero-order chi connectivity index (χ0) is 19.7. The maximum atomic E-state index is 14.7. The third-order valence-electron chi connectivity index (χ3n) is 6.99. The van der Waals surface area contributed by atoms with Crippen molar-refractivity contribution in [2.75, 3.05) is 26.2 Å². The standard InChI is InChI=1S/C25H33FN2/c1-4-20(3)28-12-10-25(11-13-28)17-27(18-25)16-23-9-8-22(15-24(23)26)21-7-5-6-19(2)14-21/h5-9,14-15,20H,4,10-13,16-18H2,1-3H3. The Hall–Kier alpha value is -1.71. The third-order valence-corrected chi connectivity index (χ3v) is 6.99. The quantitative estimate of drug-likeness (QED) is 0.676. The van der Waals surface area contributed by atoms with E-state index in [2.05, 4.69) is 48.8 Å². The van der Waals surface area contributed by atoms with E-state index >= 15 is 0 Å². The van der Waals surface area contributed by atoms with Crippen molar-refractivity contribution in [3.05, 3.63) is 59.4 Å². The Bertz CT molecular complexity index is 815. The fourth-order valence-electron chi connectivity index (χ4n) is 4.95. The lowest BCUT2D eigenvalue weighted by Crippen LogP contribution is -2.60. The fourth-order valence-corrected chi connectivity index (χ4v) is 4.95. The van der Waals surface area contributed by atoms with Gasteiger partial charge in [0.1, 0.15) is 5.82 Å². The molecule has 2 fully saturated rings. The highest BCUT2D eigenvalue weighted by Gasteiger charge is 2.44. The largest absolute Gasteiger partial charge is 0.301 e. The Morgan fingerprint density at radius 2 is 1.75 bits per heavy atom. The van der Waals surface area contributed by atoms with Gasteiger partial charge in [-0.15, -0.1) is 0 Å². The van der Waals surface area contributed by atoms with Crippen LogP contribution in [0.5, 0.6) is 0 Å². The summed E-state index contributed by atoms with van der Waals surface area (Å²) in [5, 5.41) is 0. The molecular formula is C25H33FN2. The van der Waals surface area contributed by atoms with E-state index in [0.717, 1.165) is 36.3 Å². The number of aryl methyl sites for hydroxylation is 1. The zero-order valence-electron chi connectivity index (χ0n) is 17.5. The van der Waals surface area contributed by atoms with Crippen LogP contribution in [0, 0.1) is 18.2 Å². The number of nitrogens with zero attached hydrogens (tertiary/aromatic N) is 2. The first-order valence-electron chi connectivity index (χ1n) is 10.8. The molecule has 2 aliphatic heterocycles. The van der Waals surface area contributed by atoms with Crippen LogP contribution in [0.1, 0.15) is 44.2 Å². The van der Waals surface area contributed by atoms with Crippen molar-refractivity contribution >= 4 is 0 Å². The molecule has 2 nitrogen and oxygen atoms in total. The topological polar surface area (TPSA) is 6.48 Å². The summed E-state index contributed by atoms with van der Waals surface area (Å²) in [6.07, 6.45) is 3.82. The van der Waals surface area contributed by atoms with Crippen molar-refractivity contribution in [3.63, 3.8) is 0 Å². The molecule has 0 N–H and O–H groups in total. The highest BCUT2D eigenvalue weighted by molar-refractivity contribution is 5.64. The second kappa shape index (κ2) is 7.96. The van der Waals surface area contributed by atoms with Crippen LogP contribution in [-0.4, -0.2) is 42.0 Å². The fraction of sp³-hybridized carbons (Fsp3) is 0.520. The highest BCUT2D eigenvalue weighted by Crippen LogP contribution is 2.41. The molecule has 2 aromatic carbocycles. The molecule has 0 aromatic heterocycles. The summed E-state index contributed by atoms with van der Waals surface area (Å²) in [6, 6.07) is 14.7. The predicted octanol–water partition coefficient (Wildman–Crippen LogP) is 5.50. The van der Waals surface area contributed by atoms with Gasteiger partial charge in [-0.2, -0.15) is 0 Å². The summed E-state index contributed by atoms with van der Waals surface area (Å²) < 4.78 is 14.7. The molecule has 1 unspecified atom stereocenters. The lowest BCUT2D eigenvalue weighted by molar-refractivity contribution is -0.0574. The van der Waals surface area contributed by atoms with Gasteiger partial charge in [0, 0.05) is 31.2 Å². The van der Waals surface area contributed by atoms with Crippen molar-refractivity contribution in [2.24, 2.45) is 5.41 Å². The summed E-state index contributed by atoms with van der Waals surface area (Å²) in [6.45, 7) is 12.1. The minimum atomic E-state index is -0.0773. The van der Waals surface area contributed by atoms with Crippen molar-refractivity contribution in [2.45, 2.75) is 52.6 Å². The number of rotatable bonds is 5. The molecule has 0 saturated carbocycles. The minimum absolute atomic E-state index is 0.0773. The molecule has 3 heteroatoms. The van der Waals surface area contributed by atoms with E-state index in [1.165, 1.54) is 37.9 Å². The number of benzene rings is 2. The van der Waals surface area contributed by atoms with Crippen LogP contribution in [0.3, 0.4) is 0 Å². The highest BCUT2D eigenvalue weighted by atomic mass is 19.1. The molecule has 1 atom stereocenters. The van der Waals surface area contributed by atoms with Crippen molar-refractivity contribution in [1.82, 2.24) is 9.80 Å². The molecule has 1 spiro atoms. The number of likely N-dealkylation sites (tertiary alicyclic amines) is 2. The van der Waals surface area contributed by atoms with E-state index in [4.69, 9.17) is 0 Å². The van der Waals surface area contributed by atoms with Crippen LogP contribution in [0.15, 0.2) is 42.5 Å². The lowest BCUT2D eigenvalue weighted by atomic mass is 9.71. The van der Waals surface area contributed by atoms with Gasteiger partial charge in [-0.05, 0) is 68.8 Å². The number of halogens is 1. The van der Waals surface area contributed by atoms with Crippen molar-refractivity contribution in [3.8, 4) is 11.1 Å². The van der Waals surface area contributed by atoms with Gasteiger partial charge in [-0.1, -0.05) is 48.9 Å². The Morgan fingerprint density at radius 3 is 2.39 bits per heavy atom. The van der Waals surface area contributed by atoms with Crippen LogP contribution < -0.4 is 0 Å². The van der Waals surface area contributed by atoms with E-state index in [1.807, 2.05) is 18.2 Å². The molecule has 0 aliphatic carbocycles. The summed E-state index contributed by atoms with van der Waals surface area (Å²) in [5.41, 5.74) is 4.56. The van der Waals surface area contributed by atoms with Gasteiger partial charge in [0.15, 0.2) is 0 Å². The second-order valence-electron chi connectivity index (χ2n) is 9.11.